The maximum Gasteiger partial charge on any atom is 0.159 e. The Bertz CT molecular complexity index is 3560. The van der Waals surface area contributed by atoms with E-state index in [-0.39, 0.29) is 0 Å². The predicted octanol–water partition coefficient (Wildman–Crippen LogP) is 16.7. The van der Waals surface area contributed by atoms with Crippen LogP contribution in [0, 0.1) is 0 Å². The molecule has 2 aromatic heterocycles. The summed E-state index contributed by atoms with van der Waals surface area (Å²) in [6.45, 7) is 0. The van der Waals surface area contributed by atoms with Gasteiger partial charge in [0.05, 0.1) is 5.69 Å². The van der Waals surface area contributed by atoms with Gasteiger partial charge in [-0.25, -0.2) is 0 Å². The van der Waals surface area contributed by atoms with Crippen LogP contribution in [0.5, 0.6) is 0 Å². The largest absolute Gasteiger partial charge is 0.454 e. The van der Waals surface area contributed by atoms with Crippen molar-refractivity contribution in [1.29, 1.82) is 0 Å². The molecule has 10 aromatic carbocycles. The van der Waals surface area contributed by atoms with Crippen LogP contribution in [0.25, 0.3) is 97.0 Å². The molecule has 0 bridgehead atoms. The molecule has 2 nitrogen and oxygen atoms in total. The topological polar surface area (TPSA) is 16.4 Å². The number of thiophene rings is 1. The molecule has 0 fully saturated rings. The van der Waals surface area contributed by atoms with Gasteiger partial charge in [0.2, 0.25) is 0 Å². The SMILES string of the molecule is c1ccc(-c2ccc(N(c3ccc(-c4cc5ccccc5c5ccccc45)cc3)c3cccc4c3oc3ccccc34)cc2-c2cccc3sc4ccccc4c23)cc1. The Hall–Kier alpha value is -7.46. The maximum absolute atomic E-state index is 6.75. The van der Waals surface area contributed by atoms with Crippen LogP contribution in [0.4, 0.5) is 17.1 Å². The van der Waals surface area contributed by atoms with Gasteiger partial charge in [-0.05, 0) is 110 Å². The lowest BCUT2D eigenvalue weighted by Crippen LogP contribution is -2.10. The standard InChI is InChI=1S/C56H35NOS/c1-2-14-36(15-3-1)42-33-32-40(35-50(42)46-22-13-27-54-55(46)48-21-9-11-26-53(48)59-54)57(51-24-12-23-47-45-20-8-10-25-52(45)58-56(47)51)39-30-28-37(29-31-39)49-34-38-16-4-5-17-41(38)43-18-6-7-19-44(43)49/h1-35H. The third kappa shape index (κ3) is 5.47. The van der Waals surface area contributed by atoms with Gasteiger partial charge in [-0.2, -0.15) is 0 Å². The Morgan fingerprint density at radius 1 is 0.356 bits per heavy atom. The Balaban J connectivity index is 1.10. The van der Waals surface area contributed by atoms with E-state index in [0.717, 1.165) is 39.0 Å². The van der Waals surface area contributed by atoms with E-state index >= 15 is 0 Å². The van der Waals surface area contributed by atoms with E-state index in [4.69, 9.17) is 4.42 Å². The summed E-state index contributed by atoms with van der Waals surface area (Å²) in [5.41, 5.74) is 12.0. The Morgan fingerprint density at radius 2 is 1.00 bits per heavy atom. The smallest absolute Gasteiger partial charge is 0.159 e. The van der Waals surface area contributed by atoms with Crippen LogP contribution in [-0.4, -0.2) is 0 Å². The molecule has 2 heterocycles. The first-order valence-corrected chi connectivity index (χ1v) is 20.9. The monoisotopic (exact) mass is 769 g/mol. The summed E-state index contributed by atoms with van der Waals surface area (Å²) in [5, 5.41) is 9.81. The predicted molar refractivity (Wildman–Crippen MR) is 253 cm³/mol. The van der Waals surface area contributed by atoms with Gasteiger partial charge < -0.3 is 9.32 Å². The van der Waals surface area contributed by atoms with Gasteiger partial charge in [-0.1, -0.05) is 158 Å². The highest BCUT2D eigenvalue weighted by Gasteiger charge is 2.22. The molecule has 3 heteroatoms. The molecule has 12 rings (SSSR count). The lowest BCUT2D eigenvalue weighted by atomic mass is 9.91. The number of hydrogen-bond acceptors (Lipinski definition) is 3. The first-order chi connectivity index (χ1) is 29.3. The maximum atomic E-state index is 6.75. The van der Waals surface area contributed by atoms with Crippen molar-refractivity contribution in [3.8, 4) is 33.4 Å². The van der Waals surface area contributed by atoms with Crippen LogP contribution < -0.4 is 4.90 Å². The molecule has 0 aliphatic heterocycles. The van der Waals surface area contributed by atoms with E-state index < -0.39 is 0 Å². The first kappa shape index (κ1) is 33.7. The molecule has 0 amide bonds. The quantitative estimate of drug-likeness (QED) is 0.157. The number of para-hydroxylation sites is 2. The molecule has 0 aliphatic carbocycles. The van der Waals surface area contributed by atoms with Gasteiger partial charge >= 0.3 is 0 Å². The molecule has 0 unspecified atom stereocenters. The normalized spacial score (nSPS) is 11.7. The molecule has 0 spiro atoms. The van der Waals surface area contributed by atoms with Gasteiger partial charge in [0.25, 0.3) is 0 Å². The number of furan rings is 1. The molecular weight excluding hydrogens is 735 g/mol. The molecule has 0 radical (unpaired) electrons. The van der Waals surface area contributed by atoms with Gasteiger partial charge in [0, 0.05) is 42.3 Å². The second kappa shape index (κ2) is 13.6. The summed E-state index contributed by atoms with van der Waals surface area (Å²) in [6, 6.07) is 77.0. The minimum atomic E-state index is 0.859. The molecule has 0 N–H and O–H groups in total. The number of nitrogens with zero attached hydrogens (tertiary/aromatic N) is 1. The van der Waals surface area contributed by atoms with Crippen molar-refractivity contribution in [3.05, 3.63) is 212 Å². The average Bonchev–Trinajstić information content (AvgIpc) is 3.89. The Kier molecular flexibility index (Phi) is 7.75. The van der Waals surface area contributed by atoms with Crippen LogP contribution in [0.2, 0.25) is 0 Å². The summed E-state index contributed by atoms with van der Waals surface area (Å²) in [7, 11) is 0. The van der Waals surface area contributed by atoms with Crippen molar-refractivity contribution in [2.75, 3.05) is 4.90 Å². The zero-order valence-electron chi connectivity index (χ0n) is 32.0. The van der Waals surface area contributed by atoms with E-state index in [1.165, 1.54) is 75.1 Å². The molecule has 0 saturated heterocycles. The fourth-order valence-corrected chi connectivity index (χ4v) is 10.3. The summed E-state index contributed by atoms with van der Waals surface area (Å²) in [4.78, 5) is 2.37. The molecule has 59 heavy (non-hydrogen) atoms. The fraction of sp³-hybridized carbons (Fsp3) is 0. The Morgan fingerprint density at radius 3 is 1.86 bits per heavy atom. The second-order valence-corrected chi connectivity index (χ2v) is 16.3. The van der Waals surface area contributed by atoms with Gasteiger partial charge in [-0.15, -0.1) is 11.3 Å². The zero-order chi connectivity index (χ0) is 38.9. The minimum Gasteiger partial charge on any atom is -0.454 e. The van der Waals surface area contributed by atoms with E-state index in [1.807, 2.05) is 17.4 Å². The summed E-state index contributed by atoms with van der Waals surface area (Å²) in [5.74, 6) is 0. The highest BCUT2D eigenvalue weighted by molar-refractivity contribution is 7.25. The van der Waals surface area contributed by atoms with Gasteiger partial charge in [0.1, 0.15) is 5.58 Å². The highest BCUT2D eigenvalue weighted by Crippen LogP contribution is 2.48. The first-order valence-electron chi connectivity index (χ1n) is 20.1. The second-order valence-electron chi connectivity index (χ2n) is 15.2. The van der Waals surface area contributed by atoms with E-state index in [2.05, 4.69) is 211 Å². The summed E-state index contributed by atoms with van der Waals surface area (Å²) >= 11 is 1.86. The molecule has 0 saturated carbocycles. The van der Waals surface area contributed by atoms with Crippen molar-refractivity contribution in [1.82, 2.24) is 0 Å². The fourth-order valence-electron chi connectivity index (χ4n) is 9.18. The number of fused-ring (bicyclic) bond motifs is 9. The van der Waals surface area contributed by atoms with Crippen LogP contribution in [-0.2, 0) is 0 Å². The average molecular weight is 770 g/mol. The van der Waals surface area contributed by atoms with Crippen molar-refractivity contribution in [2.45, 2.75) is 0 Å². The van der Waals surface area contributed by atoms with Crippen LogP contribution in [0.3, 0.4) is 0 Å². The van der Waals surface area contributed by atoms with Gasteiger partial charge in [0.15, 0.2) is 5.58 Å². The summed E-state index contributed by atoms with van der Waals surface area (Å²) < 4.78 is 9.33. The molecule has 0 aliphatic rings. The van der Waals surface area contributed by atoms with Crippen molar-refractivity contribution < 1.29 is 4.42 Å². The van der Waals surface area contributed by atoms with Crippen LogP contribution >= 0.6 is 11.3 Å². The highest BCUT2D eigenvalue weighted by atomic mass is 32.1. The number of benzene rings is 10. The van der Waals surface area contributed by atoms with Gasteiger partial charge in [-0.3, -0.25) is 0 Å². The van der Waals surface area contributed by atoms with Crippen LogP contribution in [0.1, 0.15) is 0 Å². The zero-order valence-corrected chi connectivity index (χ0v) is 32.8. The molecular formula is C56H35NOS. The molecule has 276 valence electrons. The van der Waals surface area contributed by atoms with Crippen molar-refractivity contribution >= 4 is 92.1 Å². The number of hydrogen-bond donors (Lipinski definition) is 0. The minimum absolute atomic E-state index is 0.859. The lowest BCUT2D eigenvalue weighted by molar-refractivity contribution is 0.669. The molecule has 0 atom stereocenters. The third-order valence-corrected chi connectivity index (χ3v) is 13.0. The van der Waals surface area contributed by atoms with E-state index in [0.29, 0.717) is 0 Å². The van der Waals surface area contributed by atoms with Crippen molar-refractivity contribution in [3.63, 3.8) is 0 Å². The summed E-state index contributed by atoms with van der Waals surface area (Å²) in [6.07, 6.45) is 0. The van der Waals surface area contributed by atoms with Crippen molar-refractivity contribution in [2.24, 2.45) is 0 Å². The number of anilines is 3. The number of rotatable bonds is 6. The van der Waals surface area contributed by atoms with E-state index in [9.17, 15) is 0 Å². The van der Waals surface area contributed by atoms with E-state index in [1.54, 1.807) is 0 Å². The van der Waals surface area contributed by atoms with Crippen LogP contribution in [0.15, 0.2) is 217 Å². The Labute approximate surface area is 345 Å². The molecule has 12 aromatic rings. The third-order valence-electron chi connectivity index (χ3n) is 11.9. The lowest BCUT2D eigenvalue weighted by Gasteiger charge is -2.27.